The fourth-order valence-corrected chi connectivity index (χ4v) is 2.81. The number of hydrogen-bond acceptors (Lipinski definition) is 5. The Balaban J connectivity index is 2.28. The number of amides is 1. The number of aromatic nitrogens is 1. The lowest BCUT2D eigenvalue weighted by atomic mass is 10.2. The molecule has 0 atom stereocenters. The Hall–Kier alpha value is -2.74. The molecule has 0 saturated carbocycles. The second kappa shape index (κ2) is 9.98. The van der Waals surface area contributed by atoms with E-state index in [-0.39, 0.29) is 18.0 Å². The molecule has 1 aromatic carbocycles. The maximum absolute atomic E-state index is 12.3. The molecule has 0 saturated heterocycles. The number of nitrogens with zero attached hydrogens (tertiary/aromatic N) is 2. The van der Waals surface area contributed by atoms with Gasteiger partial charge in [-0.15, -0.1) is 0 Å². The van der Waals surface area contributed by atoms with Crippen LogP contribution < -0.4 is 20.5 Å². The molecule has 1 amide bonds. The summed E-state index contributed by atoms with van der Waals surface area (Å²) in [5, 5.41) is 3.33. The minimum absolute atomic E-state index is 0.0100. The van der Waals surface area contributed by atoms with Crippen molar-refractivity contribution in [3.63, 3.8) is 0 Å². The highest BCUT2D eigenvalue weighted by Crippen LogP contribution is 2.32. The van der Waals surface area contributed by atoms with Crippen LogP contribution in [0.1, 0.15) is 38.2 Å². The first-order valence-corrected chi connectivity index (χ1v) is 9.60. The largest absolute Gasteiger partial charge is 0.492 e. The van der Waals surface area contributed by atoms with Gasteiger partial charge in [-0.05, 0) is 33.0 Å². The SMILES string of the molecule is CCN(CC)CCOc1cc(OC(C)C)c2cc(C(=O)NC(N)=NC)[nH]c2c1. The molecular formula is C20H31N5O3. The van der Waals surface area contributed by atoms with Crippen molar-refractivity contribution in [2.75, 3.05) is 33.3 Å². The van der Waals surface area contributed by atoms with Crippen molar-refractivity contribution < 1.29 is 14.3 Å². The standard InChI is InChI=1S/C20H31N5O3/c1-6-25(7-2)8-9-27-14-10-16-15(18(11-14)28-13(3)4)12-17(23-16)19(26)24-20(21)22-5/h10-13,23H,6-9H2,1-5H3,(H3,21,22,24,26). The third kappa shape index (κ3) is 5.63. The maximum atomic E-state index is 12.3. The van der Waals surface area contributed by atoms with Crippen LogP contribution in [0.3, 0.4) is 0 Å². The molecule has 0 radical (unpaired) electrons. The van der Waals surface area contributed by atoms with E-state index in [1.165, 1.54) is 7.05 Å². The van der Waals surface area contributed by atoms with Gasteiger partial charge in [0, 0.05) is 31.1 Å². The number of rotatable bonds is 9. The van der Waals surface area contributed by atoms with E-state index < -0.39 is 0 Å². The second-order valence-electron chi connectivity index (χ2n) is 6.67. The Kier molecular flexibility index (Phi) is 7.69. The molecule has 2 aromatic rings. The molecule has 0 aliphatic heterocycles. The Morgan fingerprint density at radius 2 is 2.00 bits per heavy atom. The number of guanidine groups is 1. The lowest BCUT2D eigenvalue weighted by Crippen LogP contribution is -2.36. The molecule has 0 fully saturated rings. The van der Waals surface area contributed by atoms with Gasteiger partial charge in [0.2, 0.25) is 0 Å². The Labute approximate surface area is 166 Å². The number of aliphatic imine (C=N–C) groups is 1. The van der Waals surface area contributed by atoms with Gasteiger partial charge in [-0.2, -0.15) is 0 Å². The Morgan fingerprint density at radius 3 is 2.61 bits per heavy atom. The van der Waals surface area contributed by atoms with Gasteiger partial charge in [-0.25, -0.2) is 0 Å². The van der Waals surface area contributed by atoms with Crippen LogP contribution in [-0.2, 0) is 0 Å². The van der Waals surface area contributed by atoms with Gasteiger partial charge in [0.1, 0.15) is 23.8 Å². The van der Waals surface area contributed by atoms with Crippen LogP contribution in [-0.4, -0.2) is 61.1 Å². The van der Waals surface area contributed by atoms with E-state index in [0.29, 0.717) is 23.8 Å². The average Bonchev–Trinajstić information content (AvgIpc) is 3.09. The highest BCUT2D eigenvalue weighted by molar-refractivity contribution is 6.07. The predicted molar refractivity (Wildman–Crippen MR) is 112 cm³/mol. The van der Waals surface area contributed by atoms with E-state index in [1.807, 2.05) is 26.0 Å². The molecule has 0 aliphatic rings. The number of ether oxygens (including phenoxy) is 2. The summed E-state index contributed by atoms with van der Waals surface area (Å²) in [4.78, 5) is 21.5. The first kappa shape index (κ1) is 21.6. The molecule has 1 aromatic heterocycles. The number of carbonyl (C=O) groups is 1. The molecule has 0 spiro atoms. The first-order chi connectivity index (χ1) is 13.4. The van der Waals surface area contributed by atoms with E-state index in [4.69, 9.17) is 15.2 Å². The van der Waals surface area contributed by atoms with Gasteiger partial charge < -0.3 is 25.1 Å². The van der Waals surface area contributed by atoms with E-state index in [0.717, 1.165) is 30.5 Å². The van der Waals surface area contributed by atoms with Gasteiger partial charge in [0.25, 0.3) is 5.91 Å². The monoisotopic (exact) mass is 389 g/mol. The molecule has 8 heteroatoms. The van der Waals surface area contributed by atoms with Crippen LogP contribution >= 0.6 is 0 Å². The van der Waals surface area contributed by atoms with E-state index in [2.05, 4.69) is 34.0 Å². The van der Waals surface area contributed by atoms with Crippen molar-refractivity contribution in [1.29, 1.82) is 0 Å². The van der Waals surface area contributed by atoms with Crippen LogP contribution in [0.4, 0.5) is 0 Å². The van der Waals surface area contributed by atoms with Gasteiger partial charge in [-0.3, -0.25) is 15.1 Å². The molecule has 0 bridgehead atoms. The van der Waals surface area contributed by atoms with Crippen molar-refractivity contribution in [3.05, 3.63) is 23.9 Å². The number of nitrogens with two attached hydrogens (primary N) is 1. The molecule has 4 N–H and O–H groups in total. The number of likely N-dealkylation sites (N-methyl/N-ethyl adjacent to an activating group) is 1. The summed E-state index contributed by atoms with van der Waals surface area (Å²) in [6.07, 6.45) is -0.0100. The normalized spacial score (nSPS) is 12.0. The summed E-state index contributed by atoms with van der Waals surface area (Å²) in [5.74, 6) is 1.05. The van der Waals surface area contributed by atoms with Crippen LogP contribution in [0.5, 0.6) is 11.5 Å². The highest BCUT2D eigenvalue weighted by atomic mass is 16.5. The Bertz CT molecular complexity index is 825. The molecule has 0 unspecified atom stereocenters. The molecule has 8 nitrogen and oxygen atoms in total. The van der Waals surface area contributed by atoms with Gasteiger partial charge in [0.05, 0.1) is 11.6 Å². The van der Waals surface area contributed by atoms with Crippen molar-refractivity contribution in [2.24, 2.45) is 10.7 Å². The quantitative estimate of drug-likeness (QED) is 0.451. The topological polar surface area (TPSA) is 105 Å². The fourth-order valence-electron chi connectivity index (χ4n) is 2.81. The zero-order valence-electron chi connectivity index (χ0n) is 17.3. The summed E-state index contributed by atoms with van der Waals surface area (Å²) >= 11 is 0. The van der Waals surface area contributed by atoms with Crippen molar-refractivity contribution in [3.8, 4) is 11.5 Å². The van der Waals surface area contributed by atoms with E-state index in [9.17, 15) is 4.79 Å². The summed E-state index contributed by atoms with van der Waals surface area (Å²) < 4.78 is 11.9. The Morgan fingerprint density at radius 1 is 1.29 bits per heavy atom. The van der Waals surface area contributed by atoms with Crippen LogP contribution in [0.25, 0.3) is 10.9 Å². The van der Waals surface area contributed by atoms with Crippen molar-refractivity contribution in [2.45, 2.75) is 33.8 Å². The second-order valence-corrected chi connectivity index (χ2v) is 6.67. The third-order valence-electron chi connectivity index (χ3n) is 4.33. The number of H-pyrrole nitrogens is 1. The van der Waals surface area contributed by atoms with Crippen molar-refractivity contribution in [1.82, 2.24) is 15.2 Å². The molecule has 0 aliphatic carbocycles. The number of aromatic amines is 1. The zero-order chi connectivity index (χ0) is 20.7. The third-order valence-corrected chi connectivity index (χ3v) is 4.33. The predicted octanol–water partition coefficient (Wildman–Crippen LogP) is 2.35. The maximum Gasteiger partial charge on any atom is 0.274 e. The minimum Gasteiger partial charge on any atom is -0.492 e. The first-order valence-electron chi connectivity index (χ1n) is 9.60. The number of carbonyl (C=O) groups excluding carboxylic acids is 1. The number of nitrogens with one attached hydrogen (secondary N) is 2. The molecule has 1 heterocycles. The molecular weight excluding hydrogens is 358 g/mol. The van der Waals surface area contributed by atoms with Crippen molar-refractivity contribution >= 4 is 22.8 Å². The summed E-state index contributed by atoms with van der Waals surface area (Å²) in [5.41, 5.74) is 6.71. The van der Waals surface area contributed by atoms with Crippen LogP contribution in [0.15, 0.2) is 23.2 Å². The molecule has 2 rings (SSSR count). The number of benzene rings is 1. The van der Waals surface area contributed by atoms with Crippen LogP contribution in [0.2, 0.25) is 0 Å². The minimum atomic E-state index is -0.362. The van der Waals surface area contributed by atoms with Gasteiger partial charge >= 0.3 is 0 Å². The van der Waals surface area contributed by atoms with E-state index in [1.54, 1.807) is 6.07 Å². The van der Waals surface area contributed by atoms with Gasteiger partial charge in [-0.1, -0.05) is 13.8 Å². The smallest absolute Gasteiger partial charge is 0.274 e. The van der Waals surface area contributed by atoms with Gasteiger partial charge in [0.15, 0.2) is 5.96 Å². The highest BCUT2D eigenvalue weighted by Gasteiger charge is 2.16. The lowest BCUT2D eigenvalue weighted by molar-refractivity contribution is 0.0972. The fraction of sp³-hybridized carbons (Fsp3) is 0.500. The number of hydrogen-bond donors (Lipinski definition) is 3. The molecule has 154 valence electrons. The summed E-state index contributed by atoms with van der Waals surface area (Å²) in [6.45, 7) is 11.6. The number of fused-ring (bicyclic) bond motifs is 1. The van der Waals surface area contributed by atoms with E-state index >= 15 is 0 Å². The zero-order valence-corrected chi connectivity index (χ0v) is 17.3. The van der Waals surface area contributed by atoms with Crippen LogP contribution in [0, 0.1) is 0 Å². The summed E-state index contributed by atoms with van der Waals surface area (Å²) in [6, 6.07) is 5.48. The average molecular weight is 390 g/mol. The lowest BCUT2D eigenvalue weighted by Gasteiger charge is -2.18. The molecule has 28 heavy (non-hydrogen) atoms. The summed E-state index contributed by atoms with van der Waals surface area (Å²) in [7, 11) is 1.51.